The van der Waals surface area contributed by atoms with E-state index in [0.29, 0.717) is 30.4 Å². The third-order valence-electron chi connectivity index (χ3n) is 3.22. The van der Waals surface area contributed by atoms with E-state index in [1.165, 1.54) is 0 Å². The van der Waals surface area contributed by atoms with Crippen LogP contribution in [0.2, 0.25) is 0 Å². The molecule has 0 aromatic heterocycles. The standard InChI is InChI=1S/C14H17N3O2/c1-17(13-6-7-19-10-13)9-14(18)16-12-4-2-11(8-15)3-5-12/h2-5,13H,6-7,9-10H2,1H3,(H,16,18). The zero-order valence-electron chi connectivity index (χ0n) is 10.9. The van der Waals surface area contributed by atoms with E-state index in [-0.39, 0.29) is 5.91 Å². The third kappa shape index (κ3) is 3.78. The largest absolute Gasteiger partial charge is 0.380 e. The van der Waals surface area contributed by atoms with Crippen LogP contribution in [0.1, 0.15) is 12.0 Å². The van der Waals surface area contributed by atoms with Gasteiger partial charge in [-0.3, -0.25) is 9.69 Å². The van der Waals surface area contributed by atoms with Crippen molar-refractivity contribution in [2.75, 3.05) is 32.1 Å². The van der Waals surface area contributed by atoms with Crippen molar-refractivity contribution in [3.05, 3.63) is 29.8 Å². The third-order valence-corrected chi connectivity index (χ3v) is 3.22. The van der Waals surface area contributed by atoms with E-state index < -0.39 is 0 Å². The van der Waals surface area contributed by atoms with Crippen LogP contribution in [0, 0.1) is 11.3 Å². The Morgan fingerprint density at radius 1 is 1.53 bits per heavy atom. The van der Waals surface area contributed by atoms with Crippen molar-refractivity contribution in [2.45, 2.75) is 12.5 Å². The molecule has 1 N–H and O–H groups in total. The lowest BCUT2D eigenvalue weighted by Gasteiger charge is -2.21. The van der Waals surface area contributed by atoms with E-state index in [1.807, 2.05) is 18.0 Å². The minimum Gasteiger partial charge on any atom is -0.380 e. The van der Waals surface area contributed by atoms with E-state index in [4.69, 9.17) is 10.00 Å². The summed E-state index contributed by atoms with van der Waals surface area (Å²) in [6, 6.07) is 9.20. The molecular formula is C14H17N3O2. The highest BCUT2D eigenvalue weighted by atomic mass is 16.5. The normalized spacial score (nSPS) is 18.3. The molecule has 0 bridgehead atoms. The van der Waals surface area contributed by atoms with Gasteiger partial charge in [-0.2, -0.15) is 5.26 Å². The average Bonchev–Trinajstić information content (AvgIpc) is 2.93. The SMILES string of the molecule is CN(CC(=O)Nc1ccc(C#N)cc1)C1CCOC1. The number of benzene rings is 1. The van der Waals surface area contributed by atoms with Gasteiger partial charge in [0.1, 0.15) is 0 Å². The molecule has 1 aliphatic heterocycles. The Hall–Kier alpha value is -1.90. The van der Waals surface area contributed by atoms with Crippen molar-refractivity contribution < 1.29 is 9.53 Å². The first-order valence-corrected chi connectivity index (χ1v) is 6.27. The summed E-state index contributed by atoms with van der Waals surface area (Å²) < 4.78 is 5.30. The molecule has 1 aliphatic rings. The number of carbonyl (C=O) groups is 1. The van der Waals surface area contributed by atoms with Gasteiger partial charge in [0, 0.05) is 18.3 Å². The molecule has 0 aliphatic carbocycles. The molecule has 0 saturated carbocycles. The number of hydrogen-bond acceptors (Lipinski definition) is 4. The highest BCUT2D eigenvalue weighted by molar-refractivity contribution is 5.92. The minimum absolute atomic E-state index is 0.0564. The Bertz CT molecular complexity index is 472. The van der Waals surface area contributed by atoms with Crippen LogP contribution in [0.3, 0.4) is 0 Å². The van der Waals surface area contributed by atoms with Crippen molar-refractivity contribution in [3.8, 4) is 6.07 Å². The quantitative estimate of drug-likeness (QED) is 0.883. The van der Waals surface area contributed by atoms with E-state index in [9.17, 15) is 4.79 Å². The summed E-state index contributed by atoms with van der Waals surface area (Å²) in [4.78, 5) is 13.9. The second-order valence-electron chi connectivity index (χ2n) is 4.67. The maximum atomic E-state index is 11.9. The number of rotatable bonds is 4. The lowest BCUT2D eigenvalue weighted by molar-refractivity contribution is -0.117. The monoisotopic (exact) mass is 259 g/mol. The Labute approximate surface area is 112 Å². The molecule has 1 atom stereocenters. The van der Waals surface area contributed by atoms with Gasteiger partial charge in [-0.15, -0.1) is 0 Å². The molecule has 100 valence electrons. The number of nitrogens with one attached hydrogen (secondary N) is 1. The zero-order valence-corrected chi connectivity index (χ0v) is 10.9. The Morgan fingerprint density at radius 3 is 2.84 bits per heavy atom. The van der Waals surface area contributed by atoms with Gasteiger partial charge in [0.15, 0.2) is 0 Å². The topological polar surface area (TPSA) is 65.4 Å². The number of likely N-dealkylation sites (N-methyl/N-ethyl adjacent to an activating group) is 1. The van der Waals surface area contributed by atoms with Crippen LogP contribution >= 0.6 is 0 Å². The molecule has 19 heavy (non-hydrogen) atoms. The summed E-state index contributed by atoms with van der Waals surface area (Å²) in [5.74, 6) is -0.0564. The van der Waals surface area contributed by atoms with Gasteiger partial charge in [0.05, 0.1) is 24.8 Å². The van der Waals surface area contributed by atoms with E-state index >= 15 is 0 Å². The summed E-state index contributed by atoms with van der Waals surface area (Å²) in [6.07, 6.45) is 0.973. The molecule has 5 nitrogen and oxygen atoms in total. The summed E-state index contributed by atoms with van der Waals surface area (Å²) in [6.45, 7) is 1.81. The molecule has 0 spiro atoms. The Morgan fingerprint density at radius 2 is 2.26 bits per heavy atom. The fourth-order valence-electron chi connectivity index (χ4n) is 2.05. The van der Waals surface area contributed by atoms with Crippen LogP contribution < -0.4 is 5.32 Å². The van der Waals surface area contributed by atoms with Gasteiger partial charge in [0.2, 0.25) is 5.91 Å². The fourth-order valence-corrected chi connectivity index (χ4v) is 2.05. The van der Waals surface area contributed by atoms with Crippen LogP contribution in [0.4, 0.5) is 5.69 Å². The van der Waals surface area contributed by atoms with Gasteiger partial charge >= 0.3 is 0 Å². The average molecular weight is 259 g/mol. The number of anilines is 1. The lowest BCUT2D eigenvalue weighted by atomic mass is 10.2. The van der Waals surface area contributed by atoms with Crippen LogP contribution in [0.15, 0.2) is 24.3 Å². The van der Waals surface area contributed by atoms with Crippen molar-refractivity contribution >= 4 is 11.6 Å². The van der Waals surface area contributed by atoms with E-state index in [2.05, 4.69) is 5.32 Å². The number of ether oxygens (including phenoxy) is 1. The molecule has 1 saturated heterocycles. The second kappa shape index (κ2) is 6.32. The summed E-state index contributed by atoms with van der Waals surface area (Å²) in [5, 5.41) is 11.5. The van der Waals surface area contributed by atoms with Crippen LogP contribution in [-0.4, -0.2) is 43.7 Å². The molecule has 1 unspecified atom stereocenters. The van der Waals surface area contributed by atoms with Gasteiger partial charge in [0.25, 0.3) is 0 Å². The number of hydrogen-bond donors (Lipinski definition) is 1. The molecule has 1 aromatic rings. The predicted molar refractivity (Wildman–Crippen MR) is 71.6 cm³/mol. The highest BCUT2D eigenvalue weighted by Crippen LogP contribution is 2.11. The van der Waals surface area contributed by atoms with Crippen molar-refractivity contribution in [3.63, 3.8) is 0 Å². The van der Waals surface area contributed by atoms with Crippen molar-refractivity contribution in [1.29, 1.82) is 5.26 Å². The first-order valence-electron chi connectivity index (χ1n) is 6.27. The molecule has 2 rings (SSSR count). The Balaban J connectivity index is 1.84. The van der Waals surface area contributed by atoms with E-state index in [0.717, 1.165) is 13.0 Å². The maximum Gasteiger partial charge on any atom is 0.238 e. The second-order valence-corrected chi connectivity index (χ2v) is 4.67. The van der Waals surface area contributed by atoms with Crippen molar-refractivity contribution in [2.24, 2.45) is 0 Å². The molecule has 1 fully saturated rings. The molecule has 1 heterocycles. The van der Waals surface area contributed by atoms with Gasteiger partial charge in [-0.25, -0.2) is 0 Å². The predicted octanol–water partition coefficient (Wildman–Crippen LogP) is 1.22. The van der Waals surface area contributed by atoms with Gasteiger partial charge in [-0.05, 0) is 37.7 Å². The zero-order chi connectivity index (χ0) is 13.7. The van der Waals surface area contributed by atoms with Crippen molar-refractivity contribution in [1.82, 2.24) is 4.90 Å². The number of nitriles is 1. The fraction of sp³-hybridized carbons (Fsp3) is 0.429. The molecular weight excluding hydrogens is 242 g/mol. The molecule has 1 amide bonds. The maximum absolute atomic E-state index is 11.9. The molecule has 1 aromatic carbocycles. The molecule has 0 radical (unpaired) electrons. The van der Waals surface area contributed by atoms with Crippen LogP contribution in [-0.2, 0) is 9.53 Å². The smallest absolute Gasteiger partial charge is 0.238 e. The molecule has 5 heteroatoms. The first-order chi connectivity index (χ1) is 9.19. The van der Waals surface area contributed by atoms with Gasteiger partial charge in [-0.1, -0.05) is 0 Å². The summed E-state index contributed by atoms with van der Waals surface area (Å²) >= 11 is 0. The van der Waals surface area contributed by atoms with Crippen LogP contribution in [0.25, 0.3) is 0 Å². The van der Waals surface area contributed by atoms with Crippen LogP contribution in [0.5, 0.6) is 0 Å². The summed E-state index contributed by atoms with van der Waals surface area (Å²) in [7, 11) is 1.93. The number of carbonyl (C=O) groups excluding carboxylic acids is 1. The lowest BCUT2D eigenvalue weighted by Crippen LogP contribution is -2.38. The highest BCUT2D eigenvalue weighted by Gasteiger charge is 2.21. The summed E-state index contributed by atoms with van der Waals surface area (Å²) in [5.41, 5.74) is 1.29. The number of nitrogens with zero attached hydrogens (tertiary/aromatic N) is 2. The minimum atomic E-state index is -0.0564. The number of amides is 1. The van der Waals surface area contributed by atoms with E-state index in [1.54, 1.807) is 24.3 Å². The Kier molecular flexibility index (Phi) is 4.50. The first kappa shape index (κ1) is 13.5. The van der Waals surface area contributed by atoms with Gasteiger partial charge < -0.3 is 10.1 Å².